The Hall–Kier alpha value is -4.17. The summed E-state index contributed by atoms with van der Waals surface area (Å²) in [5.74, 6) is -0.564. The maximum Gasteiger partial charge on any atom is 0.414 e. The molecule has 0 radical (unpaired) electrons. The van der Waals surface area contributed by atoms with Gasteiger partial charge in [-0.25, -0.2) is 19.2 Å². The summed E-state index contributed by atoms with van der Waals surface area (Å²) >= 11 is 0. The highest BCUT2D eigenvalue weighted by Gasteiger charge is 2.30. The van der Waals surface area contributed by atoms with Crippen molar-refractivity contribution in [3.63, 3.8) is 0 Å². The van der Waals surface area contributed by atoms with Gasteiger partial charge in [0.25, 0.3) is 0 Å². The van der Waals surface area contributed by atoms with Crippen molar-refractivity contribution in [2.24, 2.45) is 5.92 Å². The number of aromatic nitrogens is 2. The predicted octanol–water partition coefficient (Wildman–Crippen LogP) is 2.76. The Morgan fingerprint density at radius 1 is 1.32 bits per heavy atom. The second-order valence-electron chi connectivity index (χ2n) is 8.06. The number of benzene rings is 1. The lowest BCUT2D eigenvalue weighted by Gasteiger charge is -2.22. The number of anilines is 2. The van der Waals surface area contributed by atoms with Gasteiger partial charge >= 0.3 is 6.09 Å². The molecule has 10 nitrogen and oxygen atoms in total. The number of hydrogen-bond acceptors (Lipinski definition) is 9. The van der Waals surface area contributed by atoms with Crippen LogP contribution in [0.15, 0.2) is 24.5 Å². The maximum atomic E-state index is 15.3. The van der Waals surface area contributed by atoms with E-state index in [1.165, 1.54) is 12.3 Å². The summed E-state index contributed by atoms with van der Waals surface area (Å²) in [5.41, 5.74) is 8.33. The van der Waals surface area contributed by atoms with Gasteiger partial charge in [-0.05, 0) is 23.9 Å². The Morgan fingerprint density at radius 3 is 3.00 bits per heavy atom. The molecule has 3 aromatic rings. The average molecular weight is 464 g/mol. The van der Waals surface area contributed by atoms with Crippen LogP contribution in [0.4, 0.5) is 20.6 Å². The van der Waals surface area contributed by atoms with Crippen molar-refractivity contribution in [1.29, 1.82) is 5.26 Å². The van der Waals surface area contributed by atoms with Crippen LogP contribution < -0.4 is 25.8 Å². The zero-order valence-corrected chi connectivity index (χ0v) is 18.2. The van der Waals surface area contributed by atoms with Crippen molar-refractivity contribution < 1.29 is 23.4 Å². The molecule has 0 spiro atoms. The molecule has 4 N–H and O–H groups in total. The molecule has 2 aromatic heterocycles. The molecule has 1 aromatic carbocycles. The SMILES string of the molecule is Cc1c(-c2cc3cc(OC(=O)NC4COCC4C#N)ncc3c(N)c2F)cnc2c1NCCO2. The van der Waals surface area contributed by atoms with E-state index in [-0.39, 0.29) is 30.3 Å². The lowest BCUT2D eigenvalue weighted by atomic mass is 9.97. The molecule has 1 fully saturated rings. The van der Waals surface area contributed by atoms with Crippen molar-refractivity contribution in [1.82, 2.24) is 15.3 Å². The van der Waals surface area contributed by atoms with E-state index in [1.54, 1.807) is 12.3 Å². The third kappa shape index (κ3) is 3.78. The van der Waals surface area contributed by atoms with Crippen LogP contribution in [-0.4, -0.2) is 48.5 Å². The normalized spacial score (nSPS) is 19.0. The van der Waals surface area contributed by atoms with Crippen LogP contribution in [0.1, 0.15) is 5.56 Å². The van der Waals surface area contributed by atoms with Crippen LogP contribution in [0.3, 0.4) is 0 Å². The first-order chi connectivity index (χ1) is 16.5. The minimum atomic E-state index is -0.765. The van der Waals surface area contributed by atoms with Crippen molar-refractivity contribution in [3.05, 3.63) is 35.9 Å². The van der Waals surface area contributed by atoms with Crippen molar-refractivity contribution in [2.75, 3.05) is 37.4 Å². The van der Waals surface area contributed by atoms with Gasteiger partial charge in [-0.1, -0.05) is 0 Å². The molecule has 0 bridgehead atoms. The third-order valence-electron chi connectivity index (χ3n) is 5.96. The first kappa shape index (κ1) is 21.7. The molecule has 0 saturated carbocycles. The van der Waals surface area contributed by atoms with E-state index < -0.39 is 23.9 Å². The Balaban J connectivity index is 1.47. The first-order valence-electron chi connectivity index (χ1n) is 10.7. The topological polar surface area (TPSA) is 144 Å². The van der Waals surface area contributed by atoms with Crippen LogP contribution in [0.25, 0.3) is 21.9 Å². The lowest BCUT2D eigenvalue weighted by Crippen LogP contribution is -2.41. The number of carbonyl (C=O) groups is 1. The molecule has 5 rings (SSSR count). The summed E-state index contributed by atoms with van der Waals surface area (Å²) < 4.78 is 31.3. The van der Waals surface area contributed by atoms with E-state index in [9.17, 15) is 4.79 Å². The summed E-state index contributed by atoms with van der Waals surface area (Å²) in [4.78, 5) is 20.7. The monoisotopic (exact) mass is 464 g/mol. The predicted molar refractivity (Wildman–Crippen MR) is 121 cm³/mol. The van der Waals surface area contributed by atoms with Crippen molar-refractivity contribution >= 4 is 28.2 Å². The van der Waals surface area contributed by atoms with E-state index in [1.807, 2.05) is 6.92 Å². The Morgan fingerprint density at radius 2 is 2.18 bits per heavy atom. The minimum Gasteiger partial charge on any atom is -0.474 e. The Bertz CT molecular complexity index is 1340. The van der Waals surface area contributed by atoms with Gasteiger partial charge in [-0.3, -0.25) is 0 Å². The Kier molecular flexibility index (Phi) is 5.51. The third-order valence-corrected chi connectivity index (χ3v) is 5.96. The van der Waals surface area contributed by atoms with E-state index in [2.05, 4.69) is 26.7 Å². The van der Waals surface area contributed by atoms with Gasteiger partial charge in [0.1, 0.15) is 12.3 Å². The fourth-order valence-corrected chi connectivity index (χ4v) is 4.12. The number of ether oxygens (including phenoxy) is 3. The van der Waals surface area contributed by atoms with Gasteiger partial charge < -0.3 is 30.6 Å². The average Bonchev–Trinajstić information content (AvgIpc) is 3.29. The highest BCUT2D eigenvalue weighted by molar-refractivity contribution is 5.98. The summed E-state index contributed by atoms with van der Waals surface area (Å²) in [5, 5.41) is 15.9. The van der Waals surface area contributed by atoms with Crippen LogP contribution in [0, 0.1) is 30.0 Å². The number of pyridine rings is 2. The van der Waals surface area contributed by atoms with E-state index in [4.69, 9.17) is 25.2 Å². The minimum absolute atomic E-state index is 0.00438. The van der Waals surface area contributed by atoms with Crippen molar-refractivity contribution in [3.8, 4) is 29.0 Å². The fourth-order valence-electron chi connectivity index (χ4n) is 4.12. The molecule has 2 aliphatic rings. The molecule has 1 amide bonds. The number of rotatable bonds is 3. The number of halogens is 1. The molecular formula is C23H21FN6O4. The van der Waals surface area contributed by atoms with E-state index in [0.717, 1.165) is 5.56 Å². The molecule has 2 unspecified atom stereocenters. The van der Waals surface area contributed by atoms with E-state index >= 15 is 4.39 Å². The zero-order valence-electron chi connectivity index (χ0n) is 18.2. The summed E-state index contributed by atoms with van der Waals surface area (Å²) in [6.45, 7) is 3.46. The van der Waals surface area contributed by atoms with Gasteiger partial charge in [-0.2, -0.15) is 5.26 Å². The number of carbonyl (C=O) groups excluding carboxylic acids is 1. The summed E-state index contributed by atoms with van der Waals surface area (Å²) in [6, 6.07) is 4.74. The van der Waals surface area contributed by atoms with Gasteiger partial charge in [0, 0.05) is 41.5 Å². The molecule has 174 valence electrons. The highest BCUT2D eigenvalue weighted by atomic mass is 19.1. The largest absolute Gasteiger partial charge is 0.474 e. The maximum absolute atomic E-state index is 15.3. The Labute approximate surface area is 193 Å². The quantitative estimate of drug-likeness (QED) is 0.498. The number of nitrogens with zero attached hydrogens (tertiary/aromatic N) is 3. The molecule has 1 saturated heterocycles. The number of nitrogen functional groups attached to an aromatic ring is 1. The van der Waals surface area contributed by atoms with Gasteiger partial charge in [0.15, 0.2) is 5.82 Å². The van der Waals surface area contributed by atoms with E-state index in [0.29, 0.717) is 41.1 Å². The van der Waals surface area contributed by atoms with Gasteiger partial charge in [0.05, 0.1) is 36.9 Å². The smallest absolute Gasteiger partial charge is 0.414 e. The standard InChI is InChI=1S/C23H21FN6O4/c1-11-15(7-29-22-21(11)27-2-3-33-22)14-4-12-5-18(28-8-16(12)20(26)19(14)24)34-23(31)30-17-10-32-9-13(17)6-25/h4-5,7-8,13,17,27H,2-3,9-10,26H2,1H3,(H,30,31). The molecule has 2 aliphatic heterocycles. The lowest BCUT2D eigenvalue weighted by molar-refractivity contribution is 0.177. The second kappa shape index (κ2) is 8.64. The molecule has 34 heavy (non-hydrogen) atoms. The van der Waals surface area contributed by atoms with Crippen LogP contribution in [-0.2, 0) is 4.74 Å². The number of nitrogens with one attached hydrogen (secondary N) is 2. The molecule has 11 heteroatoms. The molecule has 2 atom stereocenters. The van der Waals surface area contributed by atoms with Crippen LogP contribution in [0.5, 0.6) is 11.8 Å². The number of hydrogen-bond donors (Lipinski definition) is 3. The number of nitriles is 1. The highest BCUT2D eigenvalue weighted by Crippen LogP contribution is 2.39. The summed E-state index contributed by atoms with van der Waals surface area (Å²) in [7, 11) is 0. The molecule has 4 heterocycles. The second-order valence-corrected chi connectivity index (χ2v) is 8.06. The van der Waals surface area contributed by atoms with Crippen molar-refractivity contribution in [2.45, 2.75) is 13.0 Å². The van der Waals surface area contributed by atoms with Crippen LogP contribution >= 0.6 is 0 Å². The number of nitrogens with two attached hydrogens (primary N) is 1. The zero-order chi connectivity index (χ0) is 23.8. The number of fused-ring (bicyclic) bond motifs is 2. The number of amides is 1. The fraction of sp³-hybridized carbons (Fsp3) is 0.304. The summed E-state index contributed by atoms with van der Waals surface area (Å²) in [6.07, 6.45) is 2.13. The molecular weight excluding hydrogens is 443 g/mol. The van der Waals surface area contributed by atoms with Crippen LogP contribution in [0.2, 0.25) is 0 Å². The van der Waals surface area contributed by atoms with Gasteiger partial charge in [0.2, 0.25) is 11.8 Å². The molecule has 0 aliphatic carbocycles. The van der Waals surface area contributed by atoms with Gasteiger partial charge in [-0.15, -0.1) is 0 Å². The first-order valence-corrected chi connectivity index (χ1v) is 10.7.